The van der Waals surface area contributed by atoms with Crippen LogP contribution < -0.4 is 0 Å². The second-order valence-electron chi connectivity index (χ2n) is 2.69. The Morgan fingerprint density at radius 2 is 2.12 bits per heavy atom. The number of hydrogen-bond acceptors (Lipinski definition) is 8. The Bertz CT molecular complexity index is 545. The number of thioether (sulfide) groups is 1. The number of aromatic carboxylic acids is 1. The number of nitrogens with zero attached hydrogens (tertiary/aromatic N) is 4. The van der Waals surface area contributed by atoms with E-state index < -0.39 is 5.97 Å². The van der Waals surface area contributed by atoms with Crippen molar-refractivity contribution < 1.29 is 9.90 Å². The molecule has 0 aliphatic rings. The molecule has 0 amide bonds. The van der Waals surface area contributed by atoms with Gasteiger partial charge in [0.25, 0.3) is 0 Å². The standard InChI is InChI=1S/C8H6N4O2S3/c1-15-7-11-12-8(17-7)16-5-3-9-2-4(10-5)6(13)14/h2-3H,1H3,(H,13,14). The van der Waals surface area contributed by atoms with Gasteiger partial charge in [0, 0.05) is 0 Å². The third-order valence-electron chi connectivity index (χ3n) is 1.59. The quantitative estimate of drug-likeness (QED) is 0.852. The molecular formula is C8H6N4O2S3. The van der Waals surface area contributed by atoms with Gasteiger partial charge in [-0.05, 0) is 18.0 Å². The van der Waals surface area contributed by atoms with Gasteiger partial charge in [0.2, 0.25) is 0 Å². The summed E-state index contributed by atoms with van der Waals surface area (Å²) >= 11 is 4.19. The lowest BCUT2D eigenvalue weighted by Crippen LogP contribution is -2.01. The summed E-state index contributed by atoms with van der Waals surface area (Å²) in [4.78, 5) is 18.5. The summed E-state index contributed by atoms with van der Waals surface area (Å²) < 4.78 is 1.57. The smallest absolute Gasteiger partial charge is 0.356 e. The monoisotopic (exact) mass is 286 g/mol. The molecule has 0 bridgehead atoms. The van der Waals surface area contributed by atoms with Crippen molar-refractivity contribution in [1.82, 2.24) is 20.2 Å². The van der Waals surface area contributed by atoms with Crippen LogP contribution in [0.1, 0.15) is 10.5 Å². The highest BCUT2D eigenvalue weighted by Gasteiger charge is 2.10. The van der Waals surface area contributed by atoms with Gasteiger partial charge in [-0.15, -0.1) is 10.2 Å². The van der Waals surface area contributed by atoms with Crippen LogP contribution in [-0.4, -0.2) is 37.5 Å². The molecule has 0 saturated carbocycles. The minimum absolute atomic E-state index is 0.0791. The molecule has 2 heterocycles. The third-order valence-corrected chi connectivity index (χ3v) is 4.44. The average Bonchev–Trinajstić information content (AvgIpc) is 2.77. The highest BCUT2D eigenvalue weighted by molar-refractivity contribution is 8.02. The van der Waals surface area contributed by atoms with Crippen LogP contribution in [0, 0.1) is 0 Å². The maximum absolute atomic E-state index is 10.7. The Morgan fingerprint density at radius 3 is 2.76 bits per heavy atom. The summed E-state index contributed by atoms with van der Waals surface area (Å²) in [6.07, 6.45) is 4.62. The van der Waals surface area contributed by atoms with E-state index >= 15 is 0 Å². The first-order valence-corrected chi connectivity index (χ1v) is 7.15. The summed E-state index contributed by atoms with van der Waals surface area (Å²) in [5.41, 5.74) is -0.0791. The molecule has 0 atom stereocenters. The van der Waals surface area contributed by atoms with Crippen molar-refractivity contribution in [1.29, 1.82) is 0 Å². The van der Waals surface area contributed by atoms with Gasteiger partial charge in [-0.25, -0.2) is 9.78 Å². The van der Waals surface area contributed by atoms with E-state index in [4.69, 9.17) is 5.11 Å². The van der Waals surface area contributed by atoms with Crippen LogP contribution in [0.4, 0.5) is 0 Å². The van der Waals surface area contributed by atoms with Gasteiger partial charge in [-0.2, -0.15) is 0 Å². The van der Waals surface area contributed by atoms with E-state index in [1.54, 1.807) is 0 Å². The van der Waals surface area contributed by atoms with Crippen LogP contribution in [-0.2, 0) is 0 Å². The van der Waals surface area contributed by atoms with E-state index in [9.17, 15) is 4.79 Å². The van der Waals surface area contributed by atoms with Crippen molar-refractivity contribution in [3.63, 3.8) is 0 Å². The van der Waals surface area contributed by atoms with Gasteiger partial charge in [-0.1, -0.05) is 23.1 Å². The summed E-state index contributed by atoms with van der Waals surface area (Å²) in [5.74, 6) is -1.10. The van der Waals surface area contributed by atoms with E-state index in [2.05, 4.69) is 20.2 Å². The molecule has 2 aromatic heterocycles. The number of hydrogen-bond donors (Lipinski definition) is 1. The molecular weight excluding hydrogens is 280 g/mol. The lowest BCUT2D eigenvalue weighted by molar-refractivity contribution is 0.0689. The van der Waals surface area contributed by atoms with Crippen molar-refractivity contribution >= 4 is 40.8 Å². The first-order chi connectivity index (χ1) is 8.19. The van der Waals surface area contributed by atoms with Crippen LogP contribution in [0.25, 0.3) is 0 Å². The zero-order valence-electron chi connectivity index (χ0n) is 8.52. The second kappa shape index (κ2) is 5.43. The van der Waals surface area contributed by atoms with Crippen molar-refractivity contribution in [2.45, 2.75) is 13.7 Å². The molecule has 0 aromatic carbocycles. The fourth-order valence-corrected chi connectivity index (χ4v) is 3.25. The van der Waals surface area contributed by atoms with E-state index in [1.807, 2.05) is 6.26 Å². The van der Waals surface area contributed by atoms with Gasteiger partial charge in [0.15, 0.2) is 14.4 Å². The summed E-state index contributed by atoms with van der Waals surface area (Å²) in [7, 11) is 0. The Morgan fingerprint density at radius 1 is 1.35 bits per heavy atom. The Kier molecular flexibility index (Phi) is 3.92. The molecule has 9 heteroatoms. The zero-order valence-corrected chi connectivity index (χ0v) is 11.0. The van der Waals surface area contributed by atoms with E-state index in [-0.39, 0.29) is 5.69 Å². The van der Waals surface area contributed by atoms with Gasteiger partial charge >= 0.3 is 5.97 Å². The van der Waals surface area contributed by atoms with Crippen LogP contribution >= 0.6 is 34.9 Å². The minimum Gasteiger partial charge on any atom is -0.476 e. The third kappa shape index (κ3) is 3.14. The molecule has 0 spiro atoms. The molecule has 1 N–H and O–H groups in total. The second-order valence-corrected chi connectivity index (χ2v) is 5.99. The van der Waals surface area contributed by atoms with Gasteiger partial charge < -0.3 is 5.11 Å². The van der Waals surface area contributed by atoms with Gasteiger partial charge in [-0.3, -0.25) is 4.98 Å². The Balaban J connectivity index is 2.18. The van der Waals surface area contributed by atoms with E-state index in [0.29, 0.717) is 9.37 Å². The molecule has 17 heavy (non-hydrogen) atoms. The SMILES string of the molecule is CSc1nnc(Sc2cncc(C(=O)O)n2)s1. The van der Waals surface area contributed by atoms with E-state index in [0.717, 1.165) is 4.34 Å². The van der Waals surface area contributed by atoms with E-state index in [1.165, 1.54) is 47.3 Å². The molecule has 6 nitrogen and oxygen atoms in total. The molecule has 0 aliphatic heterocycles. The van der Waals surface area contributed by atoms with Crippen molar-refractivity contribution in [3.05, 3.63) is 18.1 Å². The Labute approximate surface area is 109 Å². The molecule has 88 valence electrons. The molecule has 0 radical (unpaired) electrons. The lowest BCUT2D eigenvalue weighted by Gasteiger charge is -1.96. The van der Waals surface area contributed by atoms with Crippen LogP contribution in [0.2, 0.25) is 0 Å². The molecule has 0 unspecified atom stereocenters. The number of carboxylic acids is 1. The maximum Gasteiger partial charge on any atom is 0.356 e. The fourth-order valence-electron chi connectivity index (χ4n) is 0.911. The zero-order chi connectivity index (χ0) is 12.3. The summed E-state index contributed by atoms with van der Waals surface area (Å²) in [6.45, 7) is 0. The molecule has 2 rings (SSSR count). The molecule has 0 saturated heterocycles. The average molecular weight is 286 g/mol. The predicted octanol–water partition coefficient (Wildman–Crippen LogP) is 1.90. The lowest BCUT2D eigenvalue weighted by atomic mass is 10.5. The number of rotatable bonds is 4. The highest BCUT2D eigenvalue weighted by atomic mass is 32.2. The predicted molar refractivity (Wildman–Crippen MR) is 64.8 cm³/mol. The van der Waals surface area contributed by atoms with Crippen molar-refractivity contribution in [3.8, 4) is 0 Å². The number of carbonyl (C=O) groups is 1. The topological polar surface area (TPSA) is 88.9 Å². The maximum atomic E-state index is 10.7. The first kappa shape index (κ1) is 12.3. The largest absolute Gasteiger partial charge is 0.476 e. The normalized spacial score (nSPS) is 10.4. The first-order valence-electron chi connectivity index (χ1n) is 4.29. The molecule has 2 aromatic rings. The minimum atomic E-state index is -1.10. The molecule has 0 aliphatic carbocycles. The van der Waals surface area contributed by atoms with Gasteiger partial charge in [0.1, 0.15) is 5.03 Å². The van der Waals surface area contributed by atoms with Crippen molar-refractivity contribution in [2.75, 3.05) is 6.26 Å². The van der Waals surface area contributed by atoms with Crippen molar-refractivity contribution in [2.24, 2.45) is 0 Å². The van der Waals surface area contributed by atoms with Crippen LogP contribution in [0.3, 0.4) is 0 Å². The fraction of sp³-hybridized carbons (Fsp3) is 0.125. The highest BCUT2D eigenvalue weighted by Crippen LogP contribution is 2.31. The number of aromatic nitrogens is 4. The summed E-state index contributed by atoms with van der Waals surface area (Å²) in [6, 6.07) is 0. The van der Waals surface area contributed by atoms with Gasteiger partial charge in [0.05, 0.1) is 12.4 Å². The van der Waals surface area contributed by atoms with Crippen LogP contribution in [0.15, 0.2) is 26.1 Å². The Hall–Kier alpha value is -1.19. The molecule has 0 fully saturated rings. The number of carboxylic acid groups (broad SMARTS) is 1. The van der Waals surface area contributed by atoms with Crippen LogP contribution in [0.5, 0.6) is 0 Å². The summed E-state index contributed by atoms with van der Waals surface area (Å²) in [5, 5.41) is 17.2.